The smallest absolute Gasteiger partial charge is 0.219 e. The van der Waals surface area contributed by atoms with Crippen LogP contribution in [0.3, 0.4) is 0 Å². The van der Waals surface area contributed by atoms with E-state index >= 15 is 0 Å². The van der Waals surface area contributed by atoms with Gasteiger partial charge in [0.25, 0.3) is 0 Å². The van der Waals surface area contributed by atoms with Gasteiger partial charge in [-0.1, -0.05) is 17.7 Å². The Morgan fingerprint density at radius 1 is 1.44 bits per heavy atom. The van der Waals surface area contributed by atoms with Crippen molar-refractivity contribution in [3.05, 3.63) is 40.5 Å². The molecule has 0 aliphatic rings. The first-order valence-corrected chi connectivity index (χ1v) is 6.13. The number of halogens is 1. The summed E-state index contributed by atoms with van der Waals surface area (Å²) in [6.07, 6.45) is 0.746. The Morgan fingerprint density at radius 3 is 2.83 bits per heavy atom. The van der Waals surface area contributed by atoms with Crippen molar-refractivity contribution in [2.45, 2.75) is 13.3 Å². The molecule has 2 aromatic rings. The zero-order valence-electron chi connectivity index (χ0n) is 10.5. The molecule has 0 fully saturated rings. The van der Waals surface area contributed by atoms with Crippen molar-refractivity contribution in [3.63, 3.8) is 0 Å². The molecular formula is C13H16ClN3O. The number of nitrogens with zero attached hydrogens (tertiary/aromatic N) is 2. The molecule has 0 bridgehead atoms. The van der Waals surface area contributed by atoms with Gasteiger partial charge in [-0.05, 0) is 38.1 Å². The first-order valence-electron chi connectivity index (χ1n) is 5.76. The Balaban J connectivity index is 2.54. The molecule has 0 amide bonds. The summed E-state index contributed by atoms with van der Waals surface area (Å²) in [5, 5.41) is 5.16. The summed E-state index contributed by atoms with van der Waals surface area (Å²) < 4.78 is 7.20. The number of nitrogens with two attached hydrogens (primary N) is 1. The standard InChI is InChI=1S/C13H16ClN3O/c1-9-12(6-7-15)13(18-2)17(16-9)11-5-3-4-10(14)8-11/h3-5,8H,6-7,15H2,1-2H3. The molecule has 96 valence electrons. The third-order valence-corrected chi connectivity index (χ3v) is 3.01. The summed E-state index contributed by atoms with van der Waals surface area (Å²) in [7, 11) is 1.64. The number of methoxy groups -OCH3 is 1. The van der Waals surface area contributed by atoms with Crippen molar-refractivity contribution in [2.75, 3.05) is 13.7 Å². The van der Waals surface area contributed by atoms with E-state index < -0.39 is 0 Å². The fourth-order valence-corrected chi connectivity index (χ4v) is 2.15. The van der Waals surface area contributed by atoms with Crippen LogP contribution in [0.2, 0.25) is 5.02 Å². The molecular weight excluding hydrogens is 250 g/mol. The summed E-state index contributed by atoms with van der Waals surface area (Å²) >= 11 is 6.00. The Hall–Kier alpha value is -1.52. The molecule has 0 saturated carbocycles. The number of aromatic nitrogens is 2. The number of hydrogen-bond donors (Lipinski definition) is 1. The van der Waals surface area contributed by atoms with E-state index in [2.05, 4.69) is 5.10 Å². The fourth-order valence-electron chi connectivity index (χ4n) is 1.96. The minimum absolute atomic E-state index is 0.568. The Morgan fingerprint density at radius 2 is 2.22 bits per heavy atom. The van der Waals surface area contributed by atoms with Crippen LogP contribution in [0.5, 0.6) is 5.88 Å². The number of aryl methyl sites for hydroxylation is 1. The molecule has 0 radical (unpaired) electrons. The molecule has 4 nitrogen and oxygen atoms in total. The number of hydrogen-bond acceptors (Lipinski definition) is 3. The molecule has 0 spiro atoms. The lowest BCUT2D eigenvalue weighted by Crippen LogP contribution is -2.05. The summed E-state index contributed by atoms with van der Waals surface area (Å²) in [6.45, 7) is 2.52. The molecule has 0 unspecified atom stereocenters. The average molecular weight is 266 g/mol. The van der Waals surface area contributed by atoms with Crippen molar-refractivity contribution in [1.29, 1.82) is 0 Å². The summed E-state index contributed by atoms with van der Waals surface area (Å²) in [4.78, 5) is 0. The third kappa shape index (κ3) is 2.35. The van der Waals surface area contributed by atoms with Crippen LogP contribution in [0.1, 0.15) is 11.3 Å². The van der Waals surface area contributed by atoms with Crippen LogP contribution in [0.25, 0.3) is 5.69 Å². The van der Waals surface area contributed by atoms with E-state index in [-0.39, 0.29) is 0 Å². The SMILES string of the molecule is COc1c(CCN)c(C)nn1-c1cccc(Cl)c1. The van der Waals surface area contributed by atoms with Gasteiger partial charge >= 0.3 is 0 Å². The predicted octanol–water partition coefficient (Wildman–Crippen LogP) is 2.34. The molecule has 1 heterocycles. The van der Waals surface area contributed by atoms with E-state index in [1.165, 1.54) is 0 Å². The van der Waals surface area contributed by atoms with Gasteiger partial charge in [-0.15, -0.1) is 0 Å². The highest BCUT2D eigenvalue weighted by atomic mass is 35.5. The average Bonchev–Trinajstić information content (AvgIpc) is 2.67. The zero-order chi connectivity index (χ0) is 13.1. The Bertz CT molecular complexity index is 551. The van der Waals surface area contributed by atoms with Gasteiger partial charge in [0.2, 0.25) is 5.88 Å². The van der Waals surface area contributed by atoms with Crippen molar-refractivity contribution in [2.24, 2.45) is 5.73 Å². The van der Waals surface area contributed by atoms with E-state index in [0.717, 1.165) is 29.2 Å². The number of ether oxygens (including phenoxy) is 1. The lowest BCUT2D eigenvalue weighted by Gasteiger charge is -2.08. The molecule has 0 aliphatic heterocycles. The highest BCUT2D eigenvalue weighted by molar-refractivity contribution is 6.30. The van der Waals surface area contributed by atoms with Crippen LogP contribution < -0.4 is 10.5 Å². The highest BCUT2D eigenvalue weighted by Gasteiger charge is 2.16. The lowest BCUT2D eigenvalue weighted by molar-refractivity contribution is 0.379. The molecule has 0 saturated heterocycles. The fraction of sp³-hybridized carbons (Fsp3) is 0.308. The maximum atomic E-state index is 6.00. The van der Waals surface area contributed by atoms with Crippen LogP contribution in [0, 0.1) is 6.92 Å². The molecule has 5 heteroatoms. The molecule has 18 heavy (non-hydrogen) atoms. The second-order valence-corrected chi connectivity index (χ2v) is 4.44. The predicted molar refractivity (Wildman–Crippen MR) is 72.6 cm³/mol. The van der Waals surface area contributed by atoms with Gasteiger partial charge in [0.15, 0.2) is 0 Å². The van der Waals surface area contributed by atoms with Gasteiger partial charge in [0.1, 0.15) is 0 Å². The van der Waals surface area contributed by atoms with Crippen LogP contribution in [-0.4, -0.2) is 23.4 Å². The normalized spacial score (nSPS) is 10.7. The van der Waals surface area contributed by atoms with E-state index in [0.29, 0.717) is 11.6 Å². The molecule has 0 atom stereocenters. The number of benzene rings is 1. The van der Waals surface area contributed by atoms with Gasteiger partial charge in [-0.25, -0.2) is 4.68 Å². The maximum Gasteiger partial charge on any atom is 0.219 e. The monoisotopic (exact) mass is 265 g/mol. The van der Waals surface area contributed by atoms with Gasteiger partial charge in [-0.2, -0.15) is 5.10 Å². The number of rotatable bonds is 4. The van der Waals surface area contributed by atoms with Crippen LogP contribution in [0.15, 0.2) is 24.3 Å². The minimum atomic E-state index is 0.568. The summed E-state index contributed by atoms with van der Waals surface area (Å²) in [5.74, 6) is 0.722. The van der Waals surface area contributed by atoms with Crippen LogP contribution >= 0.6 is 11.6 Å². The van der Waals surface area contributed by atoms with Crippen molar-refractivity contribution >= 4 is 11.6 Å². The largest absolute Gasteiger partial charge is 0.481 e. The summed E-state index contributed by atoms with van der Waals surface area (Å²) in [5.41, 5.74) is 8.46. The van der Waals surface area contributed by atoms with E-state index in [9.17, 15) is 0 Å². The first-order chi connectivity index (χ1) is 8.67. The molecule has 1 aromatic heterocycles. The first kappa shape index (κ1) is 12.9. The van der Waals surface area contributed by atoms with Crippen molar-refractivity contribution in [1.82, 2.24) is 9.78 Å². The maximum absolute atomic E-state index is 6.00. The van der Waals surface area contributed by atoms with Crippen LogP contribution in [-0.2, 0) is 6.42 Å². The topological polar surface area (TPSA) is 53.1 Å². The van der Waals surface area contributed by atoms with E-state index in [1.54, 1.807) is 11.8 Å². The third-order valence-electron chi connectivity index (χ3n) is 2.78. The van der Waals surface area contributed by atoms with Crippen molar-refractivity contribution < 1.29 is 4.74 Å². The van der Waals surface area contributed by atoms with Gasteiger partial charge < -0.3 is 10.5 Å². The lowest BCUT2D eigenvalue weighted by atomic mass is 10.2. The van der Waals surface area contributed by atoms with E-state index in [1.807, 2.05) is 31.2 Å². The van der Waals surface area contributed by atoms with Gasteiger partial charge in [0, 0.05) is 10.6 Å². The minimum Gasteiger partial charge on any atom is -0.481 e. The quantitative estimate of drug-likeness (QED) is 0.923. The molecule has 0 aliphatic carbocycles. The van der Waals surface area contributed by atoms with Gasteiger partial charge in [-0.3, -0.25) is 0 Å². The Kier molecular flexibility index (Phi) is 3.89. The highest BCUT2D eigenvalue weighted by Crippen LogP contribution is 2.26. The Labute approximate surface area is 111 Å². The van der Waals surface area contributed by atoms with Crippen molar-refractivity contribution in [3.8, 4) is 11.6 Å². The zero-order valence-corrected chi connectivity index (χ0v) is 11.2. The van der Waals surface area contributed by atoms with Gasteiger partial charge in [0.05, 0.1) is 18.5 Å². The van der Waals surface area contributed by atoms with E-state index in [4.69, 9.17) is 22.1 Å². The molecule has 1 aromatic carbocycles. The second kappa shape index (κ2) is 5.42. The summed E-state index contributed by atoms with van der Waals surface area (Å²) in [6, 6.07) is 7.50. The molecule has 2 N–H and O–H groups in total. The molecule has 2 rings (SSSR count). The van der Waals surface area contributed by atoms with Crippen LogP contribution in [0.4, 0.5) is 0 Å². The second-order valence-electron chi connectivity index (χ2n) is 4.00.